The zero-order chi connectivity index (χ0) is 11.5. The topological polar surface area (TPSA) is 83.5 Å². The summed E-state index contributed by atoms with van der Waals surface area (Å²) in [6.45, 7) is 7.30. The number of ether oxygens (including phenoxy) is 1. The van der Waals surface area contributed by atoms with Crippen LogP contribution in [0.1, 0.15) is 20.8 Å². The van der Waals surface area contributed by atoms with Gasteiger partial charge in [0.2, 0.25) is 0 Å². The fraction of sp³-hybridized carbons (Fsp3) is 0.625. The number of hydrogen-bond donors (Lipinski definition) is 0. The SMILES string of the molecule is C=C(C)C(=O)OC(C)C(C)S(=O)(=O)[O-].[Na+]. The first-order chi connectivity index (χ1) is 6.16. The molecule has 0 aromatic heterocycles. The Kier molecular flexibility index (Phi) is 7.76. The Morgan fingerprint density at radius 3 is 2.07 bits per heavy atom. The molecule has 0 saturated carbocycles. The molecular formula is C8H13NaO5S. The van der Waals surface area contributed by atoms with Gasteiger partial charge in [-0.2, -0.15) is 0 Å². The molecule has 0 N–H and O–H groups in total. The Labute approximate surface area is 112 Å². The van der Waals surface area contributed by atoms with E-state index in [1.54, 1.807) is 0 Å². The Hall–Kier alpha value is 0.120. The first-order valence-electron chi connectivity index (χ1n) is 3.97. The second-order valence-corrected chi connectivity index (χ2v) is 4.82. The third-order valence-corrected chi connectivity index (χ3v) is 3.05. The van der Waals surface area contributed by atoms with E-state index in [9.17, 15) is 17.8 Å². The van der Waals surface area contributed by atoms with Gasteiger partial charge in [-0.15, -0.1) is 0 Å². The molecule has 0 rings (SSSR count). The van der Waals surface area contributed by atoms with E-state index in [1.807, 2.05) is 0 Å². The summed E-state index contributed by atoms with van der Waals surface area (Å²) in [6, 6.07) is 0. The molecule has 15 heavy (non-hydrogen) atoms. The first-order valence-corrected chi connectivity index (χ1v) is 5.44. The molecule has 0 bridgehead atoms. The third kappa shape index (κ3) is 6.32. The Morgan fingerprint density at radius 1 is 1.40 bits per heavy atom. The molecule has 0 heterocycles. The zero-order valence-electron chi connectivity index (χ0n) is 9.31. The number of carbonyl (C=O) groups is 1. The van der Waals surface area contributed by atoms with E-state index in [-0.39, 0.29) is 35.1 Å². The van der Waals surface area contributed by atoms with Crippen molar-refractivity contribution in [1.82, 2.24) is 0 Å². The summed E-state index contributed by atoms with van der Waals surface area (Å²) in [5.74, 6) is -0.701. The predicted octanol–water partition coefficient (Wildman–Crippen LogP) is -2.57. The summed E-state index contributed by atoms with van der Waals surface area (Å²) in [5, 5.41) is -1.26. The van der Waals surface area contributed by atoms with E-state index in [1.165, 1.54) is 20.8 Å². The molecular weight excluding hydrogens is 231 g/mol. The van der Waals surface area contributed by atoms with Crippen molar-refractivity contribution in [2.24, 2.45) is 0 Å². The van der Waals surface area contributed by atoms with Crippen molar-refractivity contribution in [2.45, 2.75) is 32.1 Å². The van der Waals surface area contributed by atoms with Crippen LogP contribution in [0.3, 0.4) is 0 Å². The van der Waals surface area contributed by atoms with E-state index in [0.29, 0.717) is 0 Å². The maximum Gasteiger partial charge on any atom is 1.00 e. The molecule has 0 amide bonds. The Morgan fingerprint density at radius 2 is 1.80 bits per heavy atom. The van der Waals surface area contributed by atoms with Gasteiger partial charge in [-0.3, -0.25) is 0 Å². The van der Waals surface area contributed by atoms with Crippen molar-refractivity contribution < 1.29 is 52.1 Å². The van der Waals surface area contributed by atoms with E-state index >= 15 is 0 Å². The van der Waals surface area contributed by atoms with Crippen molar-refractivity contribution in [1.29, 1.82) is 0 Å². The predicted molar refractivity (Wildman–Crippen MR) is 49.5 cm³/mol. The van der Waals surface area contributed by atoms with Crippen LogP contribution in [-0.4, -0.2) is 30.3 Å². The van der Waals surface area contributed by atoms with Crippen molar-refractivity contribution in [3.63, 3.8) is 0 Å². The van der Waals surface area contributed by atoms with Crippen molar-refractivity contribution in [2.75, 3.05) is 0 Å². The molecule has 2 unspecified atom stereocenters. The minimum atomic E-state index is -4.43. The number of esters is 1. The molecule has 0 aromatic rings. The largest absolute Gasteiger partial charge is 1.00 e. The van der Waals surface area contributed by atoms with Crippen molar-refractivity contribution >= 4 is 16.1 Å². The number of rotatable bonds is 4. The van der Waals surface area contributed by atoms with Gasteiger partial charge in [0.15, 0.2) is 0 Å². The smallest absolute Gasteiger partial charge is 0.748 e. The summed E-state index contributed by atoms with van der Waals surface area (Å²) in [4.78, 5) is 11.0. The summed E-state index contributed by atoms with van der Waals surface area (Å²) >= 11 is 0. The summed E-state index contributed by atoms with van der Waals surface area (Å²) < 4.78 is 36.3. The first kappa shape index (κ1) is 17.5. The minimum absolute atomic E-state index is 0. The summed E-state index contributed by atoms with van der Waals surface area (Å²) in [7, 11) is -4.43. The van der Waals surface area contributed by atoms with Crippen LogP contribution in [0.15, 0.2) is 12.2 Å². The van der Waals surface area contributed by atoms with Crippen molar-refractivity contribution in [3.05, 3.63) is 12.2 Å². The molecule has 0 aliphatic heterocycles. The van der Waals surface area contributed by atoms with Gasteiger partial charge in [-0.25, -0.2) is 13.2 Å². The van der Waals surface area contributed by atoms with Gasteiger partial charge in [0.1, 0.15) is 16.2 Å². The fourth-order valence-electron chi connectivity index (χ4n) is 0.600. The Bertz CT molecular complexity index is 335. The van der Waals surface area contributed by atoms with Gasteiger partial charge in [-0.1, -0.05) is 6.58 Å². The number of carbonyl (C=O) groups excluding carboxylic acids is 1. The van der Waals surface area contributed by atoms with E-state index in [4.69, 9.17) is 0 Å². The van der Waals surface area contributed by atoms with Crippen LogP contribution >= 0.6 is 0 Å². The molecule has 0 aliphatic carbocycles. The monoisotopic (exact) mass is 244 g/mol. The molecule has 0 aliphatic rings. The molecule has 5 nitrogen and oxygen atoms in total. The average molecular weight is 244 g/mol. The van der Waals surface area contributed by atoms with E-state index in [2.05, 4.69) is 11.3 Å². The molecule has 0 aromatic carbocycles. The fourth-order valence-corrected chi connectivity index (χ4v) is 1.12. The minimum Gasteiger partial charge on any atom is -0.748 e. The molecule has 0 fully saturated rings. The van der Waals surface area contributed by atoms with E-state index < -0.39 is 27.4 Å². The van der Waals surface area contributed by atoms with Crippen LogP contribution in [0.4, 0.5) is 0 Å². The maximum absolute atomic E-state index is 11.0. The normalized spacial score (nSPS) is 14.7. The molecule has 0 saturated heterocycles. The average Bonchev–Trinajstić information content (AvgIpc) is 2.00. The maximum atomic E-state index is 11.0. The number of hydrogen-bond acceptors (Lipinski definition) is 5. The molecule has 7 heteroatoms. The summed E-state index contributed by atoms with van der Waals surface area (Å²) in [6.07, 6.45) is -0.971. The van der Waals surface area contributed by atoms with Gasteiger partial charge in [0.25, 0.3) is 0 Å². The third-order valence-electron chi connectivity index (χ3n) is 1.76. The van der Waals surface area contributed by atoms with Gasteiger partial charge < -0.3 is 9.29 Å². The molecule has 82 valence electrons. The van der Waals surface area contributed by atoms with Crippen molar-refractivity contribution in [3.8, 4) is 0 Å². The molecule has 2 atom stereocenters. The van der Waals surface area contributed by atoms with Gasteiger partial charge in [0, 0.05) is 5.57 Å². The van der Waals surface area contributed by atoms with Gasteiger partial charge in [0.05, 0.1) is 5.25 Å². The standard InChI is InChI=1S/C8H14O5S.Na/c1-5(2)8(9)13-6(3)7(4)14(10,11)12;/h6-7H,1H2,2-4H3,(H,10,11,12);/q;+1/p-1. The van der Waals surface area contributed by atoms with Crippen LogP contribution in [0, 0.1) is 0 Å². The zero-order valence-corrected chi connectivity index (χ0v) is 12.1. The second kappa shape index (κ2) is 6.65. The van der Waals surface area contributed by atoms with Crippen LogP contribution in [-0.2, 0) is 19.6 Å². The molecule has 0 spiro atoms. The van der Waals surface area contributed by atoms with Crippen LogP contribution in [0.5, 0.6) is 0 Å². The van der Waals surface area contributed by atoms with E-state index in [0.717, 1.165) is 0 Å². The van der Waals surface area contributed by atoms with Gasteiger partial charge >= 0.3 is 35.5 Å². The van der Waals surface area contributed by atoms with Crippen LogP contribution in [0.25, 0.3) is 0 Å². The molecule has 0 radical (unpaired) electrons. The van der Waals surface area contributed by atoms with Crippen LogP contribution in [0.2, 0.25) is 0 Å². The van der Waals surface area contributed by atoms with Crippen LogP contribution < -0.4 is 29.6 Å². The van der Waals surface area contributed by atoms with Gasteiger partial charge in [-0.05, 0) is 20.8 Å². The quantitative estimate of drug-likeness (QED) is 0.235. The Balaban J connectivity index is 0. The second-order valence-electron chi connectivity index (χ2n) is 3.09. The summed E-state index contributed by atoms with van der Waals surface area (Å²) in [5.41, 5.74) is 0.160.